The summed E-state index contributed by atoms with van der Waals surface area (Å²) < 4.78 is 23.6. The minimum Gasteiger partial charge on any atom is -0.508 e. The van der Waals surface area contributed by atoms with Crippen molar-refractivity contribution >= 4 is 11.8 Å². The molecule has 0 spiro atoms. The summed E-state index contributed by atoms with van der Waals surface area (Å²) in [5, 5.41) is 22.8. The quantitative estimate of drug-likeness (QED) is 0.306. The number of anilines is 1. The van der Waals surface area contributed by atoms with Crippen molar-refractivity contribution in [3.63, 3.8) is 0 Å². The van der Waals surface area contributed by atoms with Gasteiger partial charge in [0.1, 0.15) is 24.0 Å². The number of allylic oxidation sites excluding steroid dienone is 2. The van der Waals surface area contributed by atoms with Gasteiger partial charge < -0.3 is 29.2 Å². The number of aliphatic hydroxyl groups is 1. The van der Waals surface area contributed by atoms with Crippen molar-refractivity contribution < 1.29 is 34.0 Å². The van der Waals surface area contributed by atoms with Gasteiger partial charge in [-0.1, -0.05) is 43.3 Å². The summed E-state index contributed by atoms with van der Waals surface area (Å²) in [4.78, 5) is 14.7. The summed E-state index contributed by atoms with van der Waals surface area (Å²) in [6.45, 7) is 5.54. The van der Waals surface area contributed by atoms with E-state index in [1.165, 1.54) is 43.4 Å². The smallest absolute Gasteiger partial charge is 0.415 e. The van der Waals surface area contributed by atoms with E-state index in [1.807, 2.05) is 6.92 Å². The van der Waals surface area contributed by atoms with E-state index in [9.17, 15) is 15.0 Å². The lowest BCUT2D eigenvalue weighted by Crippen LogP contribution is -2.73. The standard InChI is InChI=1S/C26H25NO7/c1-5-14-33-22(29)27-20-12-11-18(28)15-19(20)26-23(30)13-9-7-6-8-10-21(27)25(26,34-26)17(2)16-24(23,31-3)32-4/h5-7,11-12,15,17,21,28,30H,1,14,16H2,2-4H3/t17-,21-,23-,25-,26-/m0/s1. The molecule has 8 nitrogen and oxygen atoms in total. The van der Waals surface area contributed by atoms with E-state index >= 15 is 0 Å². The first-order valence-electron chi connectivity index (χ1n) is 10.9. The average Bonchev–Trinajstić information content (AvgIpc) is 3.56. The Balaban J connectivity index is 1.88. The summed E-state index contributed by atoms with van der Waals surface area (Å²) in [6, 6.07) is 3.66. The van der Waals surface area contributed by atoms with Crippen LogP contribution in [0.5, 0.6) is 5.75 Å². The van der Waals surface area contributed by atoms with Gasteiger partial charge in [0.15, 0.2) is 5.60 Å². The Kier molecular flexibility index (Phi) is 4.88. The third-order valence-corrected chi connectivity index (χ3v) is 7.39. The van der Waals surface area contributed by atoms with Gasteiger partial charge in [-0.25, -0.2) is 4.79 Å². The van der Waals surface area contributed by atoms with Crippen LogP contribution in [0, 0.1) is 29.6 Å². The molecule has 0 radical (unpaired) electrons. The monoisotopic (exact) mass is 463 g/mol. The molecule has 1 amide bonds. The zero-order chi connectivity index (χ0) is 24.4. The molecular weight excluding hydrogens is 438 g/mol. The molecule has 2 aliphatic carbocycles. The Bertz CT molecular complexity index is 1230. The van der Waals surface area contributed by atoms with Crippen LogP contribution < -0.4 is 4.90 Å². The van der Waals surface area contributed by atoms with E-state index < -0.39 is 34.7 Å². The number of methoxy groups -OCH3 is 2. The Labute approximate surface area is 197 Å². The Morgan fingerprint density at radius 2 is 2.06 bits per heavy atom. The van der Waals surface area contributed by atoms with Gasteiger partial charge in [-0.3, -0.25) is 4.90 Å². The van der Waals surface area contributed by atoms with Crippen LogP contribution in [0.1, 0.15) is 18.9 Å². The molecule has 2 fully saturated rings. The number of ether oxygens (including phenoxy) is 4. The van der Waals surface area contributed by atoms with Crippen LogP contribution in [0.25, 0.3) is 0 Å². The lowest BCUT2D eigenvalue weighted by Gasteiger charge is -2.55. The van der Waals surface area contributed by atoms with Crippen LogP contribution in [-0.4, -0.2) is 60.2 Å². The lowest BCUT2D eigenvalue weighted by atomic mass is 9.55. The maximum Gasteiger partial charge on any atom is 0.415 e. The fraction of sp³-hybridized carbons (Fsp3) is 0.423. The second-order valence-electron chi connectivity index (χ2n) is 8.78. The van der Waals surface area contributed by atoms with Crippen LogP contribution in [0.4, 0.5) is 10.5 Å². The van der Waals surface area contributed by atoms with Crippen LogP contribution >= 0.6 is 0 Å². The van der Waals surface area contributed by atoms with Gasteiger partial charge in [0.05, 0.1) is 5.69 Å². The van der Waals surface area contributed by atoms with Gasteiger partial charge in [-0.15, -0.1) is 0 Å². The number of carbonyl (C=O) groups excluding carboxylic acids is 1. The third kappa shape index (κ3) is 2.41. The van der Waals surface area contributed by atoms with Crippen molar-refractivity contribution in [2.45, 2.75) is 42.0 Å². The molecule has 2 N–H and O–H groups in total. The minimum atomic E-state index is -2.02. The van der Waals surface area contributed by atoms with Gasteiger partial charge in [-0.05, 0) is 36.3 Å². The molecule has 1 saturated heterocycles. The van der Waals surface area contributed by atoms with Gasteiger partial charge in [0.2, 0.25) is 11.4 Å². The molecular formula is C26H25NO7. The van der Waals surface area contributed by atoms with E-state index in [0.717, 1.165) is 0 Å². The predicted molar refractivity (Wildman–Crippen MR) is 122 cm³/mol. The Morgan fingerprint density at radius 3 is 2.76 bits per heavy atom. The van der Waals surface area contributed by atoms with Crippen molar-refractivity contribution in [2.24, 2.45) is 5.92 Å². The number of carbonyl (C=O) groups is 1. The molecule has 1 aromatic carbocycles. The van der Waals surface area contributed by atoms with Crippen molar-refractivity contribution in [1.82, 2.24) is 0 Å². The zero-order valence-corrected chi connectivity index (χ0v) is 19.1. The van der Waals surface area contributed by atoms with Gasteiger partial charge in [0.25, 0.3) is 0 Å². The fourth-order valence-electron chi connectivity index (χ4n) is 5.99. The van der Waals surface area contributed by atoms with Crippen LogP contribution in [0.3, 0.4) is 0 Å². The van der Waals surface area contributed by atoms with E-state index in [-0.39, 0.29) is 24.7 Å². The van der Waals surface area contributed by atoms with E-state index in [0.29, 0.717) is 11.3 Å². The number of benzene rings is 1. The first kappa shape index (κ1) is 22.5. The molecule has 34 heavy (non-hydrogen) atoms. The summed E-state index contributed by atoms with van der Waals surface area (Å²) in [7, 11) is 2.89. The summed E-state index contributed by atoms with van der Waals surface area (Å²) in [6.07, 6.45) is 4.08. The summed E-state index contributed by atoms with van der Waals surface area (Å²) in [5.74, 6) is 9.93. The molecule has 2 heterocycles. The van der Waals surface area contributed by atoms with E-state index in [2.05, 4.69) is 30.3 Å². The van der Waals surface area contributed by atoms with Crippen LogP contribution in [0.15, 0.2) is 43.0 Å². The highest BCUT2D eigenvalue weighted by Gasteiger charge is 2.93. The Hall–Kier alpha value is -3.27. The number of hydrogen-bond acceptors (Lipinski definition) is 7. The van der Waals surface area contributed by atoms with Crippen molar-refractivity contribution in [3.05, 3.63) is 48.6 Å². The number of phenols is 1. The number of amides is 1. The average molecular weight is 463 g/mol. The highest BCUT2D eigenvalue weighted by molar-refractivity contribution is 5.93. The Morgan fingerprint density at radius 1 is 1.32 bits per heavy atom. The van der Waals surface area contributed by atoms with Gasteiger partial charge >= 0.3 is 6.09 Å². The number of nitrogens with zero attached hydrogens (tertiary/aromatic N) is 1. The SMILES string of the molecule is C=CCOC(=O)N1c2ccc(O)cc2[C@@]23O[C@@]24[C@@H]1C#CC=CC#C[C@]3(O)C(OC)(OC)C[C@@H]4C. The number of fused-ring (bicyclic) bond motifs is 1. The van der Waals surface area contributed by atoms with Crippen molar-refractivity contribution in [2.75, 3.05) is 25.7 Å². The molecule has 8 heteroatoms. The number of hydrogen-bond donors (Lipinski definition) is 2. The fourth-order valence-corrected chi connectivity index (χ4v) is 5.99. The second-order valence-corrected chi connectivity index (χ2v) is 8.78. The predicted octanol–water partition coefficient (Wildman–Crippen LogP) is 2.20. The normalized spacial score (nSPS) is 35.4. The van der Waals surface area contributed by atoms with Gasteiger partial charge in [-0.2, -0.15) is 0 Å². The molecule has 4 aliphatic rings. The van der Waals surface area contributed by atoms with E-state index in [4.69, 9.17) is 18.9 Å². The molecule has 176 valence electrons. The van der Waals surface area contributed by atoms with Gasteiger partial charge in [0, 0.05) is 26.2 Å². The molecule has 4 bridgehead atoms. The molecule has 5 atom stereocenters. The highest BCUT2D eigenvalue weighted by Crippen LogP contribution is 2.77. The van der Waals surface area contributed by atoms with Crippen LogP contribution in [0.2, 0.25) is 0 Å². The topological polar surface area (TPSA) is 101 Å². The van der Waals surface area contributed by atoms with E-state index in [1.54, 1.807) is 12.1 Å². The highest BCUT2D eigenvalue weighted by atomic mass is 16.7. The second kappa shape index (κ2) is 7.36. The van der Waals surface area contributed by atoms with Crippen molar-refractivity contribution in [1.29, 1.82) is 0 Å². The molecule has 1 aromatic rings. The molecule has 5 rings (SSSR count). The first-order valence-corrected chi connectivity index (χ1v) is 10.9. The number of aromatic hydroxyl groups is 1. The molecule has 1 saturated carbocycles. The molecule has 2 aliphatic heterocycles. The zero-order valence-electron chi connectivity index (χ0n) is 19.1. The molecule has 0 aromatic heterocycles. The lowest BCUT2D eigenvalue weighted by molar-refractivity contribution is -0.316. The summed E-state index contributed by atoms with van der Waals surface area (Å²) >= 11 is 0. The maximum atomic E-state index is 13.3. The number of phenolic OH excluding ortho intramolecular Hbond substituents is 1. The first-order chi connectivity index (χ1) is 16.3. The van der Waals surface area contributed by atoms with Crippen molar-refractivity contribution in [3.8, 4) is 29.4 Å². The van der Waals surface area contributed by atoms with Crippen LogP contribution in [-0.2, 0) is 24.5 Å². The largest absolute Gasteiger partial charge is 0.508 e. The third-order valence-electron chi connectivity index (χ3n) is 7.39. The number of epoxide rings is 1. The summed E-state index contributed by atoms with van der Waals surface area (Å²) in [5.41, 5.74) is -3.96. The molecule has 0 unspecified atom stereocenters. The maximum absolute atomic E-state index is 13.3. The minimum absolute atomic E-state index is 0.00320. The number of rotatable bonds is 4.